The zero-order valence-electron chi connectivity index (χ0n) is 18.6. The van der Waals surface area contributed by atoms with E-state index in [2.05, 4.69) is 0 Å². The Bertz CT molecular complexity index is 1150. The molecule has 0 aliphatic carbocycles. The maximum absolute atomic E-state index is 13.0. The van der Waals surface area contributed by atoms with Crippen molar-refractivity contribution < 1.29 is 17.9 Å². The highest BCUT2D eigenvalue weighted by Gasteiger charge is 2.33. The van der Waals surface area contributed by atoms with Crippen molar-refractivity contribution in [3.63, 3.8) is 0 Å². The number of ether oxygens (including phenoxy) is 1. The Balaban J connectivity index is 0.000000235. The number of sulfonamides is 1. The number of methoxy groups -OCH3 is 1. The molecular weight excluding hydrogens is 460 g/mol. The number of halogens is 1. The van der Waals surface area contributed by atoms with Crippen LogP contribution in [0.1, 0.15) is 11.1 Å². The van der Waals surface area contributed by atoms with Gasteiger partial charge in [-0.25, -0.2) is 8.42 Å². The molecule has 1 aliphatic heterocycles. The van der Waals surface area contributed by atoms with Gasteiger partial charge in [0.05, 0.1) is 23.2 Å². The van der Waals surface area contributed by atoms with E-state index < -0.39 is 10.0 Å². The number of anilines is 1. The highest BCUT2D eigenvalue weighted by molar-refractivity contribution is 7.92. The monoisotopic (exact) mass is 486 g/mol. The van der Waals surface area contributed by atoms with E-state index in [0.717, 1.165) is 17.5 Å². The van der Waals surface area contributed by atoms with Gasteiger partial charge in [0.25, 0.3) is 10.0 Å². The molecule has 0 spiro atoms. The van der Waals surface area contributed by atoms with Crippen LogP contribution >= 0.6 is 11.6 Å². The summed E-state index contributed by atoms with van der Waals surface area (Å²) in [5.74, 6) is 0. The highest BCUT2D eigenvalue weighted by Crippen LogP contribution is 2.32. The lowest BCUT2D eigenvalue weighted by molar-refractivity contribution is -0.117. The largest absolute Gasteiger partial charge is 0.379 e. The van der Waals surface area contributed by atoms with Gasteiger partial charge in [-0.2, -0.15) is 0 Å². The van der Waals surface area contributed by atoms with Crippen LogP contribution in [-0.4, -0.2) is 46.5 Å². The third kappa shape index (κ3) is 6.35. The molecule has 6 nitrogen and oxygen atoms in total. The second-order valence-corrected chi connectivity index (χ2v) is 9.99. The average Bonchev–Trinajstić information content (AvgIpc) is 2.84. The molecule has 1 amide bonds. The second-order valence-electron chi connectivity index (χ2n) is 7.69. The van der Waals surface area contributed by atoms with Gasteiger partial charge in [-0.05, 0) is 41.5 Å². The van der Waals surface area contributed by atoms with Crippen molar-refractivity contribution in [1.29, 1.82) is 0 Å². The molecule has 33 heavy (non-hydrogen) atoms. The van der Waals surface area contributed by atoms with Gasteiger partial charge in [-0.1, -0.05) is 60.1 Å². The lowest BCUT2D eigenvalue weighted by Crippen LogP contribution is -2.43. The lowest BCUT2D eigenvalue weighted by Gasteiger charge is -2.34. The van der Waals surface area contributed by atoms with Gasteiger partial charge >= 0.3 is 0 Å². The number of hydrogen-bond donors (Lipinski definition) is 0. The SMILES string of the molecule is CN(C=O)Cc1ccccc1.COC1Cc2ccccc2N(S(=O)(=O)c2ccc(Cl)cc2)C1. The molecular formula is C25H27ClN2O4S. The normalized spacial score (nSPS) is 15.1. The first-order chi connectivity index (χ1) is 15.8. The van der Waals surface area contributed by atoms with Crippen LogP contribution in [0.4, 0.5) is 5.69 Å². The molecule has 3 aromatic rings. The summed E-state index contributed by atoms with van der Waals surface area (Å²) in [6.07, 6.45) is 1.38. The molecule has 0 aromatic heterocycles. The summed E-state index contributed by atoms with van der Waals surface area (Å²) in [5, 5.41) is 0.507. The summed E-state index contributed by atoms with van der Waals surface area (Å²) in [6, 6.07) is 23.6. The first-order valence-electron chi connectivity index (χ1n) is 10.4. The van der Waals surface area contributed by atoms with Crippen LogP contribution in [0.2, 0.25) is 5.02 Å². The fraction of sp³-hybridized carbons (Fsp3) is 0.240. The van der Waals surface area contributed by atoms with E-state index in [1.54, 1.807) is 31.2 Å². The molecule has 0 saturated carbocycles. The summed E-state index contributed by atoms with van der Waals surface area (Å²) >= 11 is 5.85. The first-order valence-corrected chi connectivity index (χ1v) is 12.3. The quantitative estimate of drug-likeness (QED) is 0.485. The van der Waals surface area contributed by atoms with Crippen molar-refractivity contribution in [1.82, 2.24) is 4.90 Å². The maximum atomic E-state index is 13.0. The molecule has 0 N–H and O–H groups in total. The van der Waals surface area contributed by atoms with Crippen LogP contribution < -0.4 is 4.31 Å². The summed E-state index contributed by atoms with van der Waals surface area (Å²) in [6.45, 7) is 0.989. The van der Waals surface area contributed by atoms with Gasteiger partial charge < -0.3 is 9.64 Å². The fourth-order valence-electron chi connectivity index (χ4n) is 3.55. The summed E-state index contributed by atoms with van der Waals surface area (Å²) < 4.78 is 32.7. The second kappa shape index (κ2) is 11.3. The van der Waals surface area contributed by atoms with E-state index in [1.165, 1.54) is 16.4 Å². The standard InChI is InChI=1S/C16H16ClNO3S.C9H11NO/c1-21-14-10-12-4-2-3-5-16(12)18(11-14)22(19,20)15-8-6-13(17)7-9-15;1-10(8-11)7-9-5-3-2-4-6-9/h2-9,14H,10-11H2,1H3;2-6,8H,7H2,1H3. The molecule has 4 rings (SSSR count). The van der Waals surface area contributed by atoms with Crippen LogP contribution in [0, 0.1) is 0 Å². The minimum atomic E-state index is -3.64. The molecule has 1 unspecified atom stereocenters. The van der Waals surface area contributed by atoms with Crippen LogP contribution in [0.15, 0.2) is 83.8 Å². The van der Waals surface area contributed by atoms with Crippen LogP contribution in [0.5, 0.6) is 0 Å². The third-order valence-electron chi connectivity index (χ3n) is 5.27. The summed E-state index contributed by atoms with van der Waals surface area (Å²) in [7, 11) is -0.274. The Kier molecular flexibility index (Phi) is 8.49. The topological polar surface area (TPSA) is 66.9 Å². The number of benzene rings is 3. The number of carbonyl (C=O) groups is 1. The molecule has 1 heterocycles. The van der Waals surface area contributed by atoms with Crippen LogP contribution in [0.3, 0.4) is 0 Å². The number of hydrogen-bond acceptors (Lipinski definition) is 4. The van der Waals surface area contributed by atoms with E-state index in [4.69, 9.17) is 16.3 Å². The Morgan fingerprint density at radius 2 is 1.67 bits per heavy atom. The Morgan fingerprint density at radius 3 is 2.30 bits per heavy atom. The van der Waals surface area contributed by atoms with E-state index in [9.17, 15) is 13.2 Å². The van der Waals surface area contributed by atoms with Gasteiger partial charge in [-0.15, -0.1) is 0 Å². The number of para-hydroxylation sites is 1. The van der Waals surface area contributed by atoms with E-state index in [-0.39, 0.29) is 11.0 Å². The van der Waals surface area contributed by atoms with Crippen molar-refractivity contribution in [3.05, 3.63) is 95.0 Å². The zero-order chi connectivity index (χ0) is 23.8. The minimum Gasteiger partial charge on any atom is -0.379 e. The smallest absolute Gasteiger partial charge is 0.264 e. The Hall–Kier alpha value is -2.87. The van der Waals surface area contributed by atoms with Gasteiger partial charge in [0, 0.05) is 32.1 Å². The molecule has 1 aliphatic rings. The number of rotatable bonds is 6. The van der Waals surface area contributed by atoms with Gasteiger partial charge in [-0.3, -0.25) is 9.10 Å². The van der Waals surface area contributed by atoms with Gasteiger partial charge in [0.2, 0.25) is 6.41 Å². The molecule has 174 valence electrons. The first kappa shape index (κ1) is 24.8. The molecule has 0 radical (unpaired) electrons. The van der Waals surface area contributed by atoms with E-state index in [1.807, 2.05) is 54.6 Å². The van der Waals surface area contributed by atoms with Crippen LogP contribution in [0.25, 0.3) is 0 Å². The Labute approximate surface area is 200 Å². The predicted octanol–water partition coefficient (Wildman–Crippen LogP) is 4.38. The molecule has 0 saturated heterocycles. The molecule has 3 aromatic carbocycles. The number of carbonyl (C=O) groups excluding carboxylic acids is 1. The number of amides is 1. The van der Waals surface area contributed by atoms with Crippen molar-refractivity contribution in [3.8, 4) is 0 Å². The van der Waals surface area contributed by atoms with Crippen molar-refractivity contribution in [2.24, 2.45) is 0 Å². The van der Waals surface area contributed by atoms with Gasteiger partial charge in [0.15, 0.2) is 0 Å². The predicted molar refractivity (Wildman–Crippen MR) is 131 cm³/mol. The van der Waals surface area contributed by atoms with Crippen molar-refractivity contribution in [2.75, 3.05) is 25.0 Å². The lowest BCUT2D eigenvalue weighted by atomic mass is 10.0. The minimum absolute atomic E-state index is 0.156. The fourth-order valence-corrected chi connectivity index (χ4v) is 5.21. The highest BCUT2D eigenvalue weighted by atomic mass is 35.5. The number of nitrogens with zero attached hydrogens (tertiary/aromatic N) is 2. The molecule has 0 bridgehead atoms. The molecule has 8 heteroatoms. The molecule has 1 atom stereocenters. The van der Waals surface area contributed by atoms with Gasteiger partial charge in [0.1, 0.15) is 0 Å². The maximum Gasteiger partial charge on any atom is 0.264 e. The summed E-state index contributed by atoms with van der Waals surface area (Å²) in [4.78, 5) is 12.1. The van der Waals surface area contributed by atoms with Crippen molar-refractivity contribution in [2.45, 2.75) is 24.0 Å². The zero-order valence-corrected chi connectivity index (χ0v) is 20.2. The summed E-state index contributed by atoms with van der Waals surface area (Å²) in [5.41, 5.74) is 2.84. The average molecular weight is 487 g/mol. The number of fused-ring (bicyclic) bond motifs is 1. The van der Waals surface area contributed by atoms with E-state index >= 15 is 0 Å². The third-order valence-corrected chi connectivity index (χ3v) is 7.31. The Morgan fingerprint density at radius 1 is 1.03 bits per heavy atom. The molecule has 0 fully saturated rings. The van der Waals surface area contributed by atoms with Crippen molar-refractivity contribution >= 4 is 33.7 Å². The van der Waals surface area contributed by atoms with Crippen LogP contribution in [-0.2, 0) is 32.5 Å². The van der Waals surface area contributed by atoms with E-state index in [0.29, 0.717) is 30.2 Å².